The Kier molecular flexibility index (Phi) is 5.45. The highest BCUT2D eigenvalue weighted by atomic mass is 19.1. The Morgan fingerprint density at radius 2 is 1.66 bits per heavy atom. The zero-order valence-corrected chi connectivity index (χ0v) is 16.4. The number of methoxy groups -OCH3 is 3. The number of ether oxygens (including phenoxy) is 3. The zero-order chi connectivity index (χ0) is 21.3. The van der Waals surface area contributed by atoms with Crippen molar-refractivity contribution in [3.8, 4) is 17.2 Å². The molecule has 7 nitrogen and oxygen atoms in total. The van der Waals surface area contributed by atoms with Crippen LogP contribution in [-0.4, -0.2) is 50.1 Å². The van der Waals surface area contributed by atoms with Gasteiger partial charge in [-0.25, -0.2) is 4.39 Å². The monoisotopic (exact) mass is 401 g/mol. The summed E-state index contributed by atoms with van der Waals surface area (Å²) in [5.41, 5.74) is 0.319. The van der Waals surface area contributed by atoms with Crippen LogP contribution < -0.4 is 14.2 Å². The number of amides is 1. The van der Waals surface area contributed by atoms with Crippen LogP contribution in [-0.2, 0) is 9.59 Å². The van der Waals surface area contributed by atoms with Crippen LogP contribution in [0.1, 0.15) is 17.2 Å². The number of aliphatic hydroxyl groups is 1. The van der Waals surface area contributed by atoms with Gasteiger partial charge in [-0.2, -0.15) is 0 Å². The molecule has 1 fully saturated rings. The SMILES string of the molecule is COc1ccc(OC)c(C2/C(=C(\O)c3ccc(OC)c(F)c3)C(=O)C(=O)N2C)c1. The molecule has 0 aliphatic carbocycles. The van der Waals surface area contributed by atoms with Crippen LogP contribution >= 0.6 is 0 Å². The molecule has 1 N–H and O–H groups in total. The maximum Gasteiger partial charge on any atom is 0.295 e. The largest absolute Gasteiger partial charge is 0.507 e. The van der Waals surface area contributed by atoms with Crippen molar-refractivity contribution in [3.05, 3.63) is 58.9 Å². The number of rotatable bonds is 5. The molecule has 0 bridgehead atoms. The molecule has 1 aliphatic rings. The van der Waals surface area contributed by atoms with Gasteiger partial charge in [0, 0.05) is 18.2 Å². The fraction of sp³-hybridized carbons (Fsp3) is 0.238. The molecule has 0 aromatic heterocycles. The lowest BCUT2D eigenvalue weighted by Crippen LogP contribution is -2.25. The summed E-state index contributed by atoms with van der Waals surface area (Å²) >= 11 is 0. The summed E-state index contributed by atoms with van der Waals surface area (Å²) in [5.74, 6) is -2.01. The highest BCUT2D eigenvalue weighted by molar-refractivity contribution is 6.46. The van der Waals surface area contributed by atoms with Gasteiger partial charge in [0.25, 0.3) is 11.7 Å². The number of likely N-dealkylation sites (N-methyl/N-ethyl adjacent to an activating group) is 1. The van der Waals surface area contributed by atoms with Crippen LogP contribution in [0.2, 0.25) is 0 Å². The maximum absolute atomic E-state index is 14.1. The molecule has 8 heteroatoms. The van der Waals surface area contributed by atoms with E-state index in [1.807, 2.05) is 0 Å². The van der Waals surface area contributed by atoms with Gasteiger partial charge in [0.2, 0.25) is 0 Å². The number of Topliss-reactive ketones (excluding diaryl/α,β-unsaturated/α-hetero) is 1. The van der Waals surface area contributed by atoms with Crippen molar-refractivity contribution in [2.45, 2.75) is 6.04 Å². The van der Waals surface area contributed by atoms with Crippen molar-refractivity contribution in [2.24, 2.45) is 0 Å². The Labute approximate surface area is 166 Å². The number of aliphatic hydroxyl groups excluding tert-OH is 1. The Balaban J connectivity index is 2.23. The Morgan fingerprint density at radius 3 is 2.24 bits per heavy atom. The van der Waals surface area contributed by atoms with Crippen LogP contribution in [0.15, 0.2) is 42.0 Å². The van der Waals surface area contributed by atoms with E-state index in [0.29, 0.717) is 17.1 Å². The first kappa shape index (κ1) is 20.2. The van der Waals surface area contributed by atoms with Crippen LogP contribution in [0.5, 0.6) is 17.2 Å². The molecule has 0 radical (unpaired) electrons. The second-order valence-electron chi connectivity index (χ2n) is 6.37. The summed E-state index contributed by atoms with van der Waals surface area (Å²) in [6, 6.07) is 7.75. The molecule has 2 aromatic rings. The molecule has 1 atom stereocenters. The molecular weight excluding hydrogens is 381 g/mol. The molecule has 29 heavy (non-hydrogen) atoms. The lowest BCUT2D eigenvalue weighted by molar-refractivity contribution is -0.139. The first-order valence-electron chi connectivity index (χ1n) is 8.64. The van der Waals surface area contributed by atoms with E-state index in [-0.39, 0.29) is 16.9 Å². The van der Waals surface area contributed by atoms with Gasteiger partial charge in [0.15, 0.2) is 11.6 Å². The number of halogens is 1. The topological polar surface area (TPSA) is 85.3 Å². The normalized spacial score (nSPS) is 18.1. The summed E-state index contributed by atoms with van der Waals surface area (Å²) in [7, 11) is 5.69. The molecule has 1 aliphatic heterocycles. The summed E-state index contributed by atoms with van der Waals surface area (Å²) in [5, 5.41) is 10.8. The number of likely N-dealkylation sites (tertiary alicyclic amines) is 1. The van der Waals surface area contributed by atoms with E-state index in [2.05, 4.69) is 0 Å². The van der Waals surface area contributed by atoms with Crippen molar-refractivity contribution < 1.29 is 33.3 Å². The van der Waals surface area contributed by atoms with Crippen molar-refractivity contribution in [3.63, 3.8) is 0 Å². The molecule has 152 valence electrons. The lowest BCUT2D eigenvalue weighted by Gasteiger charge is -2.23. The number of carbonyl (C=O) groups is 2. The highest BCUT2D eigenvalue weighted by Gasteiger charge is 2.45. The third-order valence-corrected chi connectivity index (χ3v) is 4.83. The van der Waals surface area contributed by atoms with Gasteiger partial charge in [0.1, 0.15) is 17.3 Å². The van der Waals surface area contributed by atoms with E-state index in [0.717, 1.165) is 6.07 Å². The van der Waals surface area contributed by atoms with Gasteiger partial charge >= 0.3 is 0 Å². The Morgan fingerprint density at radius 1 is 1.00 bits per heavy atom. The molecule has 1 unspecified atom stereocenters. The second kappa shape index (κ2) is 7.83. The van der Waals surface area contributed by atoms with E-state index in [1.165, 1.54) is 45.4 Å². The van der Waals surface area contributed by atoms with Crippen LogP contribution in [0.3, 0.4) is 0 Å². The number of hydrogen-bond acceptors (Lipinski definition) is 6. The average Bonchev–Trinajstić information content (AvgIpc) is 2.96. The number of ketones is 1. The molecule has 1 saturated heterocycles. The van der Waals surface area contributed by atoms with Crippen molar-refractivity contribution in [2.75, 3.05) is 28.4 Å². The van der Waals surface area contributed by atoms with Gasteiger partial charge < -0.3 is 24.2 Å². The molecule has 1 heterocycles. The molecule has 3 rings (SSSR count). The van der Waals surface area contributed by atoms with E-state index in [1.54, 1.807) is 18.2 Å². The maximum atomic E-state index is 14.1. The smallest absolute Gasteiger partial charge is 0.295 e. The highest BCUT2D eigenvalue weighted by Crippen LogP contribution is 2.43. The third-order valence-electron chi connectivity index (χ3n) is 4.83. The molecule has 0 saturated carbocycles. The summed E-state index contributed by atoms with van der Waals surface area (Å²) in [6.07, 6.45) is 0. The zero-order valence-electron chi connectivity index (χ0n) is 16.4. The van der Waals surface area contributed by atoms with Crippen molar-refractivity contribution >= 4 is 17.4 Å². The van der Waals surface area contributed by atoms with Crippen molar-refractivity contribution in [1.29, 1.82) is 0 Å². The minimum Gasteiger partial charge on any atom is -0.507 e. The van der Waals surface area contributed by atoms with Gasteiger partial charge in [-0.3, -0.25) is 9.59 Å². The minimum atomic E-state index is -0.940. The summed E-state index contributed by atoms with van der Waals surface area (Å²) < 4.78 is 29.6. The van der Waals surface area contributed by atoms with Crippen molar-refractivity contribution in [1.82, 2.24) is 4.90 Å². The summed E-state index contributed by atoms with van der Waals surface area (Å²) in [6.45, 7) is 0. The van der Waals surface area contributed by atoms with E-state index < -0.39 is 29.3 Å². The number of nitrogens with zero attached hydrogens (tertiary/aromatic N) is 1. The molecule has 1 amide bonds. The fourth-order valence-electron chi connectivity index (χ4n) is 3.33. The van der Waals surface area contributed by atoms with Crippen LogP contribution in [0.25, 0.3) is 5.76 Å². The minimum absolute atomic E-state index is 0.0106. The first-order chi connectivity index (χ1) is 13.8. The molecular formula is C21H20FNO6. The predicted molar refractivity (Wildman–Crippen MR) is 103 cm³/mol. The standard InChI is InChI=1S/C21H20FNO6/c1-23-18(13-10-12(27-2)6-8-15(13)28-3)17(20(25)21(23)26)19(24)11-5-7-16(29-4)14(22)9-11/h5-10,18,24H,1-4H3/b19-17+. The number of benzene rings is 2. The van der Waals surface area contributed by atoms with E-state index in [9.17, 15) is 19.1 Å². The fourth-order valence-corrected chi connectivity index (χ4v) is 3.33. The number of carbonyl (C=O) groups excluding carboxylic acids is 2. The van der Waals surface area contributed by atoms with E-state index in [4.69, 9.17) is 14.2 Å². The average molecular weight is 401 g/mol. The van der Waals surface area contributed by atoms with Gasteiger partial charge in [0.05, 0.1) is 32.9 Å². The van der Waals surface area contributed by atoms with E-state index >= 15 is 0 Å². The molecule has 2 aromatic carbocycles. The Bertz CT molecular complexity index is 1020. The third kappa shape index (κ3) is 3.37. The quantitative estimate of drug-likeness (QED) is 0.471. The summed E-state index contributed by atoms with van der Waals surface area (Å²) in [4.78, 5) is 26.3. The first-order valence-corrected chi connectivity index (χ1v) is 8.64. The second-order valence-corrected chi connectivity index (χ2v) is 6.37. The van der Waals surface area contributed by atoms with Gasteiger partial charge in [-0.15, -0.1) is 0 Å². The Hall–Kier alpha value is -3.55. The van der Waals surface area contributed by atoms with Gasteiger partial charge in [-0.1, -0.05) is 0 Å². The number of hydrogen-bond donors (Lipinski definition) is 1. The predicted octanol–water partition coefficient (Wildman–Crippen LogP) is 2.90. The molecule has 0 spiro atoms. The lowest BCUT2D eigenvalue weighted by atomic mass is 9.94. The van der Waals surface area contributed by atoms with Crippen LogP contribution in [0.4, 0.5) is 4.39 Å². The van der Waals surface area contributed by atoms with Crippen LogP contribution in [0, 0.1) is 5.82 Å². The van der Waals surface area contributed by atoms with Gasteiger partial charge in [-0.05, 0) is 36.4 Å².